The van der Waals surface area contributed by atoms with Crippen LogP contribution >= 0.6 is 0 Å². The largest absolute Gasteiger partial charge is 0.387 e. The Morgan fingerprint density at radius 3 is 2.46 bits per heavy atom. The van der Waals surface area contributed by atoms with Crippen molar-refractivity contribution in [1.29, 1.82) is 0 Å². The molecule has 0 aromatic heterocycles. The highest BCUT2D eigenvalue weighted by Crippen LogP contribution is 2.45. The number of hydrogen-bond acceptors (Lipinski definition) is 2. The molecule has 13 heavy (non-hydrogen) atoms. The molecule has 0 radical (unpaired) electrons. The van der Waals surface area contributed by atoms with Crippen LogP contribution in [-0.2, 0) is 4.74 Å². The van der Waals surface area contributed by atoms with Crippen molar-refractivity contribution in [3.05, 3.63) is 0 Å². The summed E-state index contributed by atoms with van der Waals surface area (Å²) in [5.74, 6) is 0.526. The van der Waals surface area contributed by atoms with E-state index in [-0.39, 0.29) is 6.10 Å². The third-order valence-electron chi connectivity index (χ3n) is 3.95. The third kappa shape index (κ3) is 1.50. The van der Waals surface area contributed by atoms with Gasteiger partial charge in [-0.3, -0.25) is 0 Å². The molecule has 0 aliphatic heterocycles. The quantitative estimate of drug-likeness (QED) is 0.712. The predicted octanol–water partition coefficient (Wildman–Crippen LogP) is 2.11. The van der Waals surface area contributed by atoms with Crippen LogP contribution in [0.2, 0.25) is 0 Å². The smallest absolute Gasteiger partial charge is 0.0935 e. The number of rotatable bonds is 2. The van der Waals surface area contributed by atoms with Crippen LogP contribution in [0, 0.1) is 5.92 Å². The van der Waals surface area contributed by atoms with Gasteiger partial charge in [0.1, 0.15) is 0 Å². The molecule has 0 aromatic rings. The van der Waals surface area contributed by atoms with Gasteiger partial charge in [0.25, 0.3) is 0 Å². The van der Waals surface area contributed by atoms with Crippen molar-refractivity contribution in [2.45, 2.75) is 56.7 Å². The van der Waals surface area contributed by atoms with Gasteiger partial charge in [0.2, 0.25) is 0 Å². The van der Waals surface area contributed by atoms with Crippen LogP contribution in [0.5, 0.6) is 0 Å². The fourth-order valence-electron chi connectivity index (χ4n) is 2.85. The first-order chi connectivity index (χ1) is 6.27. The summed E-state index contributed by atoms with van der Waals surface area (Å²) in [6.45, 7) is 0. The van der Waals surface area contributed by atoms with Crippen LogP contribution in [0.3, 0.4) is 0 Å². The molecule has 2 aliphatic rings. The topological polar surface area (TPSA) is 29.5 Å². The highest BCUT2D eigenvalue weighted by atomic mass is 16.5. The summed E-state index contributed by atoms with van der Waals surface area (Å²) in [6, 6.07) is 0. The van der Waals surface area contributed by atoms with E-state index < -0.39 is 5.60 Å². The maximum atomic E-state index is 10.5. The van der Waals surface area contributed by atoms with Gasteiger partial charge in [-0.2, -0.15) is 0 Å². The lowest BCUT2D eigenvalue weighted by Gasteiger charge is -2.48. The summed E-state index contributed by atoms with van der Waals surface area (Å²) in [7, 11) is 1.74. The maximum absolute atomic E-state index is 10.5. The van der Waals surface area contributed by atoms with Gasteiger partial charge in [-0.15, -0.1) is 0 Å². The zero-order valence-corrected chi connectivity index (χ0v) is 8.46. The van der Waals surface area contributed by atoms with Gasteiger partial charge in [0, 0.05) is 7.11 Å². The Bertz CT molecular complexity index is 177. The zero-order chi connectivity index (χ0) is 9.31. The second kappa shape index (κ2) is 3.58. The average molecular weight is 184 g/mol. The van der Waals surface area contributed by atoms with Crippen molar-refractivity contribution in [3.63, 3.8) is 0 Å². The van der Waals surface area contributed by atoms with Gasteiger partial charge >= 0.3 is 0 Å². The van der Waals surface area contributed by atoms with Crippen molar-refractivity contribution >= 4 is 0 Å². The number of ether oxygens (including phenoxy) is 1. The molecule has 2 atom stereocenters. The van der Waals surface area contributed by atoms with Gasteiger partial charge < -0.3 is 9.84 Å². The Morgan fingerprint density at radius 2 is 1.92 bits per heavy atom. The molecule has 0 saturated heterocycles. The highest BCUT2D eigenvalue weighted by molar-refractivity contribution is 4.99. The molecule has 2 saturated carbocycles. The number of methoxy groups -OCH3 is 1. The Balaban J connectivity index is 2.06. The molecular formula is C11H20O2. The third-order valence-corrected chi connectivity index (χ3v) is 3.95. The fourth-order valence-corrected chi connectivity index (χ4v) is 2.85. The molecule has 0 heterocycles. The van der Waals surface area contributed by atoms with Crippen LogP contribution in [0.15, 0.2) is 0 Å². The van der Waals surface area contributed by atoms with E-state index >= 15 is 0 Å². The molecule has 0 amide bonds. The van der Waals surface area contributed by atoms with Gasteiger partial charge in [0.15, 0.2) is 0 Å². The van der Waals surface area contributed by atoms with Crippen LogP contribution in [0.4, 0.5) is 0 Å². The summed E-state index contributed by atoms with van der Waals surface area (Å²) in [6.07, 6.45) is 8.20. The van der Waals surface area contributed by atoms with Crippen molar-refractivity contribution < 1.29 is 9.84 Å². The molecule has 76 valence electrons. The van der Waals surface area contributed by atoms with Gasteiger partial charge in [-0.1, -0.05) is 19.3 Å². The Morgan fingerprint density at radius 1 is 1.15 bits per heavy atom. The summed E-state index contributed by atoms with van der Waals surface area (Å²) < 4.78 is 5.41. The van der Waals surface area contributed by atoms with Gasteiger partial charge in [-0.25, -0.2) is 0 Å². The summed E-state index contributed by atoms with van der Waals surface area (Å²) >= 11 is 0. The highest BCUT2D eigenvalue weighted by Gasteiger charge is 2.47. The zero-order valence-electron chi connectivity index (χ0n) is 8.46. The average Bonchev–Trinajstić information content (AvgIpc) is 2.01. The summed E-state index contributed by atoms with van der Waals surface area (Å²) in [5.41, 5.74) is -0.481. The molecule has 1 N–H and O–H groups in total. The van der Waals surface area contributed by atoms with E-state index in [2.05, 4.69) is 0 Å². The van der Waals surface area contributed by atoms with Crippen LogP contribution < -0.4 is 0 Å². The van der Waals surface area contributed by atoms with E-state index in [4.69, 9.17) is 4.74 Å². The van der Waals surface area contributed by atoms with E-state index in [0.29, 0.717) is 5.92 Å². The molecule has 2 unspecified atom stereocenters. The Hall–Kier alpha value is -0.0800. The lowest BCUT2D eigenvalue weighted by Crippen LogP contribution is -2.53. The first-order valence-corrected chi connectivity index (χ1v) is 5.52. The van der Waals surface area contributed by atoms with E-state index in [9.17, 15) is 5.11 Å². The monoisotopic (exact) mass is 184 g/mol. The summed E-state index contributed by atoms with van der Waals surface area (Å²) in [4.78, 5) is 0. The van der Waals surface area contributed by atoms with E-state index in [1.54, 1.807) is 7.11 Å². The molecule has 0 spiro atoms. The predicted molar refractivity (Wildman–Crippen MR) is 51.6 cm³/mol. The number of aliphatic hydroxyl groups is 1. The van der Waals surface area contributed by atoms with Crippen molar-refractivity contribution in [2.24, 2.45) is 5.92 Å². The first-order valence-electron chi connectivity index (χ1n) is 5.52. The molecular weight excluding hydrogens is 164 g/mol. The van der Waals surface area contributed by atoms with E-state index in [0.717, 1.165) is 12.8 Å². The fraction of sp³-hybridized carbons (Fsp3) is 1.00. The molecule has 0 aromatic carbocycles. The van der Waals surface area contributed by atoms with Crippen molar-refractivity contribution in [1.82, 2.24) is 0 Å². The standard InChI is InChI=1S/C11H20O2/c1-13-10-7-2-3-8-11(10,12)9-5-4-6-9/h9-10,12H,2-8H2,1H3. The second-order valence-electron chi connectivity index (χ2n) is 4.59. The van der Waals surface area contributed by atoms with Gasteiger partial charge in [-0.05, 0) is 31.6 Å². The minimum absolute atomic E-state index is 0.103. The minimum Gasteiger partial charge on any atom is -0.387 e. The molecule has 2 nitrogen and oxygen atoms in total. The maximum Gasteiger partial charge on any atom is 0.0935 e. The van der Waals surface area contributed by atoms with Crippen LogP contribution in [-0.4, -0.2) is 23.9 Å². The minimum atomic E-state index is -0.481. The van der Waals surface area contributed by atoms with Crippen LogP contribution in [0.25, 0.3) is 0 Å². The Labute approximate surface area is 80.3 Å². The molecule has 2 fully saturated rings. The lowest BCUT2D eigenvalue weighted by molar-refractivity contribution is -0.164. The van der Waals surface area contributed by atoms with Gasteiger partial charge in [0.05, 0.1) is 11.7 Å². The normalized spacial score (nSPS) is 41.5. The molecule has 2 aliphatic carbocycles. The number of hydrogen-bond donors (Lipinski definition) is 1. The SMILES string of the molecule is COC1CCCCC1(O)C1CCC1. The van der Waals surface area contributed by atoms with E-state index in [1.807, 2.05) is 0 Å². The Kier molecular flexibility index (Phi) is 2.61. The van der Waals surface area contributed by atoms with Crippen molar-refractivity contribution in [2.75, 3.05) is 7.11 Å². The second-order valence-corrected chi connectivity index (χ2v) is 4.59. The molecule has 2 heteroatoms. The van der Waals surface area contributed by atoms with Crippen molar-refractivity contribution in [3.8, 4) is 0 Å². The molecule has 0 bridgehead atoms. The van der Waals surface area contributed by atoms with E-state index in [1.165, 1.54) is 32.1 Å². The first kappa shape index (κ1) is 9.47. The lowest BCUT2D eigenvalue weighted by atomic mass is 9.65. The van der Waals surface area contributed by atoms with Crippen LogP contribution in [0.1, 0.15) is 44.9 Å². The summed E-state index contributed by atoms with van der Waals surface area (Å²) in [5, 5.41) is 10.5. The molecule has 2 rings (SSSR count).